The lowest BCUT2D eigenvalue weighted by Gasteiger charge is -2.37. The largest absolute Gasteiger partial charge is 0.356 e. The number of amides is 1. The molecule has 2 aromatic heterocycles. The molecule has 0 N–H and O–H groups in total. The van der Waals surface area contributed by atoms with Crippen LogP contribution in [0, 0.1) is 13.3 Å². The molecule has 7 nitrogen and oxygen atoms in total. The molecular weight excluding hydrogens is 522 g/mol. The number of nitrogens with zero attached hydrogens (tertiary/aromatic N) is 5. The van der Waals surface area contributed by atoms with E-state index < -0.39 is 0 Å². The zero-order chi connectivity index (χ0) is 29.8. The highest BCUT2D eigenvalue weighted by Gasteiger charge is 2.28. The molecular formula is C35H40N5O2. The number of anilines is 1. The summed E-state index contributed by atoms with van der Waals surface area (Å²) in [5.41, 5.74) is 5.76. The van der Waals surface area contributed by atoms with Crippen molar-refractivity contribution in [2.75, 3.05) is 25.0 Å². The van der Waals surface area contributed by atoms with Crippen LogP contribution in [0.25, 0.3) is 27.6 Å². The Morgan fingerprint density at radius 1 is 1.10 bits per heavy atom. The number of hydrogen-bond acceptors (Lipinski definition) is 5. The van der Waals surface area contributed by atoms with Gasteiger partial charge >= 0.3 is 0 Å². The number of allylic oxidation sites excluding steroid dienone is 3. The maximum atomic E-state index is 13.8. The van der Waals surface area contributed by atoms with Gasteiger partial charge in [0, 0.05) is 63.8 Å². The number of rotatable bonds is 7. The highest BCUT2D eigenvalue weighted by atomic mass is 16.2. The SMILES string of the molecule is C=CCn1cc(C(=O)N(C)C2CCN(c3cc(-c4cccc(C5=C[CH]5)c4)ncn3)CC2)c2cccc(C)c2c1=O.CC.[HH]. The summed E-state index contributed by atoms with van der Waals surface area (Å²) in [6, 6.07) is 16.2. The normalized spacial score (nSPS) is 14.6. The van der Waals surface area contributed by atoms with E-state index in [2.05, 4.69) is 64.3 Å². The topological polar surface area (TPSA) is 71.3 Å². The van der Waals surface area contributed by atoms with Crippen molar-refractivity contribution < 1.29 is 6.22 Å². The Hall–Kier alpha value is -4.52. The fourth-order valence-electron chi connectivity index (χ4n) is 5.66. The molecule has 1 aliphatic carbocycles. The van der Waals surface area contributed by atoms with E-state index >= 15 is 0 Å². The molecule has 6 rings (SSSR count). The van der Waals surface area contributed by atoms with Crippen LogP contribution in [0.1, 0.15) is 49.6 Å². The fraction of sp³-hybridized carbons (Fsp3) is 0.286. The number of benzene rings is 2. The van der Waals surface area contributed by atoms with Gasteiger partial charge in [0.25, 0.3) is 11.5 Å². The average molecular weight is 563 g/mol. The van der Waals surface area contributed by atoms with Gasteiger partial charge in [0.2, 0.25) is 0 Å². The van der Waals surface area contributed by atoms with E-state index in [1.54, 1.807) is 23.2 Å². The van der Waals surface area contributed by atoms with Crippen LogP contribution in [0.5, 0.6) is 0 Å². The van der Waals surface area contributed by atoms with Gasteiger partial charge in [-0.3, -0.25) is 9.59 Å². The molecule has 0 spiro atoms. The molecule has 1 fully saturated rings. The first-order valence-electron chi connectivity index (χ1n) is 14.7. The van der Waals surface area contributed by atoms with Gasteiger partial charge in [0.05, 0.1) is 16.6 Å². The number of carbonyl (C=O) groups is 1. The van der Waals surface area contributed by atoms with E-state index in [0.29, 0.717) is 22.9 Å². The van der Waals surface area contributed by atoms with Gasteiger partial charge in [-0.2, -0.15) is 0 Å². The van der Waals surface area contributed by atoms with E-state index in [1.165, 1.54) is 11.1 Å². The molecule has 0 bridgehead atoms. The summed E-state index contributed by atoms with van der Waals surface area (Å²) in [4.78, 5) is 40.1. The van der Waals surface area contributed by atoms with Crippen molar-refractivity contribution in [2.45, 2.75) is 46.2 Å². The minimum absolute atomic E-state index is 0. The lowest BCUT2D eigenvalue weighted by molar-refractivity contribution is 0.0710. The molecule has 7 heteroatoms. The molecule has 4 aromatic rings. The van der Waals surface area contributed by atoms with E-state index in [-0.39, 0.29) is 18.9 Å². The third-order valence-corrected chi connectivity index (χ3v) is 8.01. The van der Waals surface area contributed by atoms with Crippen LogP contribution in [0.3, 0.4) is 0 Å². The first-order chi connectivity index (χ1) is 20.4. The molecule has 1 saturated heterocycles. The molecule has 217 valence electrons. The Morgan fingerprint density at radius 2 is 1.81 bits per heavy atom. The summed E-state index contributed by atoms with van der Waals surface area (Å²) in [7, 11) is 1.87. The lowest BCUT2D eigenvalue weighted by atomic mass is 9.99. The second-order valence-corrected chi connectivity index (χ2v) is 10.6. The highest BCUT2D eigenvalue weighted by Crippen LogP contribution is 2.32. The van der Waals surface area contributed by atoms with Crippen molar-refractivity contribution in [3.63, 3.8) is 0 Å². The Morgan fingerprint density at radius 3 is 2.52 bits per heavy atom. The smallest absolute Gasteiger partial charge is 0.259 e. The molecule has 3 heterocycles. The summed E-state index contributed by atoms with van der Waals surface area (Å²) < 4.78 is 1.58. The average Bonchev–Trinajstić information content (AvgIpc) is 3.89. The summed E-state index contributed by atoms with van der Waals surface area (Å²) in [6.45, 7) is 11.6. The van der Waals surface area contributed by atoms with Crippen LogP contribution >= 0.6 is 0 Å². The Bertz CT molecular complexity index is 1720. The van der Waals surface area contributed by atoms with Crippen molar-refractivity contribution in [2.24, 2.45) is 0 Å². The maximum absolute atomic E-state index is 13.8. The Labute approximate surface area is 249 Å². The van der Waals surface area contributed by atoms with Crippen LogP contribution in [0.15, 0.2) is 84.6 Å². The van der Waals surface area contributed by atoms with Gasteiger partial charge < -0.3 is 14.4 Å². The van der Waals surface area contributed by atoms with Crippen LogP contribution in [-0.4, -0.2) is 51.5 Å². The summed E-state index contributed by atoms with van der Waals surface area (Å²) in [6.07, 6.45) is 10.9. The molecule has 1 amide bonds. The summed E-state index contributed by atoms with van der Waals surface area (Å²) in [5, 5.41) is 1.29. The minimum Gasteiger partial charge on any atom is -0.356 e. The standard InChI is InChI=1S/C33H32N5O2.C2H6.H2/c1-4-15-38-20-28(27-10-5-7-22(2)31(27)33(38)40)32(39)36(3)26-13-16-37(17-14-26)30-19-29(34-21-35-30)25-9-6-8-24(18-25)23-11-12-23;1-2;/h4-12,18-21,26H,1,13-17H2,2-3H3;1-2H3;1H. The zero-order valence-electron chi connectivity index (χ0n) is 24.9. The van der Waals surface area contributed by atoms with Crippen molar-refractivity contribution in [1.82, 2.24) is 19.4 Å². The van der Waals surface area contributed by atoms with Crippen LogP contribution < -0.4 is 10.5 Å². The first-order valence-corrected chi connectivity index (χ1v) is 14.7. The first kappa shape index (κ1) is 29.0. The number of aromatic nitrogens is 3. The monoisotopic (exact) mass is 562 g/mol. The third kappa shape index (κ3) is 5.77. The quantitative estimate of drug-likeness (QED) is 0.238. The Kier molecular flexibility index (Phi) is 8.67. The number of pyridine rings is 1. The number of carbonyl (C=O) groups excluding carboxylic acids is 1. The lowest BCUT2D eigenvalue weighted by Crippen LogP contribution is -2.46. The third-order valence-electron chi connectivity index (χ3n) is 8.01. The van der Waals surface area contributed by atoms with Gasteiger partial charge in [-0.25, -0.2) is 9.97 Å². The molecule has 0 unspecified atom stereocenters. The molecule has 0 saturated carbocycles. The molecule has 1 aliphatic heterocycles. The van der Waals surface area contributed by atoms with Gasteiger partial charge in [-0.05, 0) is 42.5 Å². The molecule has 42 heavy (non-hydrogen) atoms. The van der Waals surface area contributed by atoms with Crippen molar-refractivity contribution in [1.29, 1.82) is 0 Å². The Balaban J connectivity index is 0.00000138. The zero-order valence-corrected chi connectivity index (χ0v) is 24.9. The van der Waals surface area contributed by atoms with Crippen LogP contribution in [0.4, 0.5) is 5.82 Å². The number of fused-ring (bicyclic) bond motifs is 1. The number of piperidine rings is 1. The van der Waals surface area contributed by atoms with Gasteiger partial charge in [0.15, 0.2) is 0 Å². The van der Waals surface area contributed by atoms with Crippen LogP contribution in [-0.2, 0) is 6.54 Å². The van der Waals surface area contributed by atoms with E-state index in [0.717, 1.165) is 48.6 Å². The second-order valence-electron chi connectivity index (χ2n) is 10.6. The molecule has 0 atom stereocenters. The van der Waals surface area contributed by atoms with Crippen molar-refractivity contribution in [3.8, 4) is 11.3 Å². The molecule has 2 aliphatic rings. The van der Waals surface area contributed by atoms with Gasteiger partial charge in [-0.1, -0.05) is 62.4 Å². The number of aryl methyl sites for hydroxylation is 1. The predicted octanol–water partition coefficient (Wildman–Crippen LogP) is 6.57. The summed E-state index contributed by atoms with van der Waals surface area (Å²) >= 11 is 0. The van der Waals surface area contributed by atoms with E-state index in [1.807, 2.05) is 50.9 Å². The van der Waals surface area contributed by atoms with E-state index in [4.69, 9.17) is 0 Å². The molecule has 1 radical (unpaired) electrons. The van der Waals surface area contributed by atoms with Crippen molar-refractivity contribution in [3.05, 3.63) is 113 Å². The van der Waals surface area contributed by atoms with Crippen molar-refractivity contribution >= 4 is 28.1 Å². The second kappa shape index (κ2) is 12.6. The van der Waals surface area contributed by atoms with E-state index in [9.17, 15) is 9.59 Å². The maximum Gasteiger partial charge on any atom is 0.259 e. The molecule has 2 aromatic carbocycles. The van der Waals surface area contributed by atoms with Gasteiger partial charge in [-0.15, -0.1) is 6.58 Å². The number of hydrogen-bond donors (Lipinski definition) is 0. The highest BCUT2D eigenvalue weighted by molar-refractivity contribution is 6.07. The fourth-order valence-corrected chi connectivity index (χ4v) is 5.66. The van der Waals surface area contributed by atoms with Gasteiger partial charge in [0.1, 0.15) is 12.1 Å². The van der Waals surface area contributed by atoms with Crippen LogP contribution in [0.2, 0.25) is 0 Å². The minimum atomic E-state index is -0.0978. The summed E-state index contributed by atoms with van der Waals surface area (Å²) in [5.74, 6) is 0.831. The predicted molar refractivity (Wildman–Crippen MR) is 174 cm³/mol.